The lowest BCUT2D eigenvalue weighted by Crippen LogP contribution is -2.62. The van der Waals surface area contributed by atoms with Crippen LogP contribution < -0.4 is 0 Å². The molecule has 248 valence electrons. The maximum absolute atomic E-state index is 11.7. The molecular weight excluding hydrogens is 518 g/mol. The maximum atomic E-state index is 11.7. The summed E-state index contributed by atoms with van der Waals surface area (Å²) in [6.45, 7) is 32.4. The summed E-state index contributed by atoms with van der Waals surface area (Å²) in [6.07, 6.45) is 8.72. The Labute approximate surface area is 262 Å². The van der Waals surface area contributed by atoms with E-state index < -0.39 is 5.60 Å². The molecule has 6 nitrogen and oxygen atoms in total. The Hall–Kier alpha value is -0.240. The maximum Gasteiger partial charge on any atom is 0.0677 e. The van der Waals surface area contributed by atoms with E-state index in [1.54, 1.807) is 0 Å². The van der Waals surface area contributed by atoms with Gasteiger partial charge < -0.3 is 24.7 Å². The third kappa shape index (κ3) is 8.72. The van der Waals surface area contributed by atoms with E-state index >= 15 is 0 Å². The van der Waals surface area contributed by atoms with Gasteiger partial charge in [-0.3, -0.25) is 4.90 Å². The summed E-state index contributed by atoms with van der Waals surface area (Å²) in [7, 11) is 2.29. The zero-order valence-corrected chi connectivity index (χ0v) is 29.8. The Kier molecular flexibility index (Phi) is 14.6. The molecule has 0 amide bonds. The molecule has 0 aromatic rings. The van der Waals surface area contributed by atoms with E-state index in [-0.39, 0.29) is 0 Å². The van der Waals surface area contributed by atoms with Crippen LogP contribution in [0.5, 0.6) is 0 Å². The third-order valence-corrected chi connectivity index (χ3v) is 12.2. The highest BCUT2D eigenvalue weighted by Gasteiger charge is 2.46. The van der Waals surface area contributed by atoms with Crippen molar-refractivity contribution in [1.82, 2.24) is 24.5 Å². The molecule has 4 bridgehead atoms. The van der Waals surface area contributed by atoms with Crippen LogP contribution in [0.3, 0.4) is 0 Å². The van der Waals surface area contributed by atoms with Crippen molar-refractivity contribution in [2.45, 2.75) is 137 Å². The number of piperazine rings is 1. The van der Waals surface area contributed by atoms with Crippen molar-refractivity contribution in [3.63, 3.8) is 0 Å². The summed E-state index contributed by atoms with van der Waals surface area (Å²) in [4.78, 5) is 13.9. The van der Waals surface area contributed by atoms with Crippen LogP contribution in [0.25, 0.3) is 0 Å². The molecule has 8 fully saturated rings. The van der Waals surface area contributed by atoms with E-state index in [9.17, 15) is 5.11 Å². The zero-order chi connectivity index (χ0) is 31.0. The van der Waals surface area contributed by atoms with Gasteiger partial charge in [-0.15, -0.1) is 0 Å². The molecule has 0 aromatic heterocycles. The Morgan fingerprint density at radius 2 is 1.26 bits per heavy atom. The molecule has 0 aromatic carbocycles. The van der Waals surface area contributed by atoms with Crippen LogP contribution in [0.1, 0.15) is 107 Å². The number of nitrogens with zero attached hydrogens (tertiary/aromatic N) is 5. The first-order valence-electron chi connectivity index (χ1n) is 18.5. The second-order valence-electron chi connectivity index (χ2n) is 14.7. The first-order valence-corrected chi connectivity index (χ1v) is 18.5. The molecule has 4 unspecified atom stereocenters. The van der Waals surface area contributed by atoms with E-state index in [4.69, 9.17) is 0 Å². The topological polar surface area (TPSA) is 36.4 Å². The number of hydrogen-bond acceptors (Lipinski definition) is 6. The minimum atomic E-state index is -0.496. The van der Waals surface area contributed by atoms with Crippen molar-refractivity contribution in [3.05, 3.63) is 0 Å². The molecule has 5 atom stereocenters. The molecule has 8 saturated heterocycles. The zero-order valence-electron chi connectivity index (χ0n) is 29.8. The van der Waals surface area contributed by atoms with Gasteiger partial charge in [-0.25, -0.2) is 0 Å². The Balaban J connectivity index is 0.00000116. The molecule has 0 aliphatic carbocycles. The summed E-state index contributed by atoms with van der Waals surface area (Å²) >= 11 is 0. The van der Waals surface area contributed by atoms with E-state index in [1.165, 1.54) is 97.3 Å². The quantitative estimate of drug-likeness (QED) is 0.449. The van der Waals surface area contributed by atoms with Gasteiger partial charge in [0.25, 0.3) is 0 Å². The van der Waals surface area contributed by atoms with E-state index in [2.05, 4.69) is 66.2 Å². The second kappa shape index (κ2) is 16.9. The van der Waals surface area contributed by atoms with Crippen LogP contribution in [0.2, 0.25) is 0 Å². The highest BCUT2D eigenvalue weighted by molar-refractivity contribution is 5.00. The number of likely N-dealkylation sites (tertiary alicyclic amines) is 1. The predicted molar refractivity (Wildman–Crippen MR) is 181 cm³/mol. The van der Waals surface area contributed by atoms with Gasteiger partial charge in [0, 0.05) is 50.3 Å². The van der Waals surface area contributed by atoms with Crippen molar-refractivity contribution < 1.29 is 5.11 Å². The lowest BCUT2D eigenvalue weighted by Gasteiger charge is -2.52. The average Bonchev–Trinajstić information content (AvgIpc) is 3.03. The van der Waals surface area contributed by atoms with Crippen LogP contribution in [-0.4, -0.2) is 132 Å². The van der Waals surface area contributed by atoms with Crippen LogP contribution in [0.4, 0.5) is 0 Å². The lowest BCUT2D eigenvalue weighted by molar-refractivity contribution is -0.0923. The summed E-state index contributed by atoms with van der Waals surface area (Å²) in [6, 6.07) is 2.45. The summed E-state index contributed by atoms with van der Waals surface area (Å²) < 4.78 is 0. The van der Waals surface area contributed by atoms with Gasteiger partial charge in [-0.2, -0.15) is 0 Å². The molecule has 8 aliphatic heterocycles. The first-order chi connectivity index (χ1) is 20.1. The predicted octanol–water partition coefficient (Wildman–Crippen LogP) is 5.75. The van der Waals surface area contributed by atoms with Crippen molar-refractivity contribution in [3.8, 4) is 0 Å². The van der Waals surface area contributed by atoms with Crippen LogP contribution >= 0.6 is 0 Å². The fraction of sp³-hybridized carbons (Fsp3) is 1.00. The fourth-order valence-corrected chi connectivity index (χ4v) is 9.32. The van der Waals surface area contributed by atoms with E-state index in [0.29, 0.717) is 41.9 Å². The molecule has 6 heteroatoms. The monoisotopic (exact) mass is 592 g/mol. The standard InChI is InChI=1S/C32H61N5O.2C2H6/c1-24(2)37-20-19-34(22-27-7-13-33(6)14-8-27)23-31(37)30-21-25(3)35-15-9-28(10-16-35)32(5,38)29-11-17-36(18-12-29)26(30)4;2*1-2/h24-31,38H,7-23H2,1-6H3;2*1-2H3/t25?,26?,30?,31?,32-;;/m0../s1. The van der Waals surface area contributed by atoms with Crippen molar-refractivity contribution in [2.24, 2.45) is 23.7 Å². The van der Waals surface area contributed by atoms with Crippen LogP contribution in [0.15, 0.2) is 0 Å². The molecule has 8 heterocycles. The molecule has 1 N–H and O–H groups in total. The Bertz CT molecular complexity index is 737. The van der Waals surface area contributed by atoms with Gasteiger partial charge in [0.05, 0.1) is 5.60 Å². The highest BCUT2D eigenvalue weighted by Crippen LogP contribution is 2.41. The second-order valence-corrected chi connectivity index (χ2v) is 14.7. The minimum Gasteiger partial charge on any atom is -0.390 e. The Morgan fingerprint density at radius 1 is 0.738 bits per heavy atom. The molecule has 0 radical (unpaired) electrons. The van der Waals surface area contributed by atoms with Crippen LogP contribution in [-0.2, 0) is 0 Å². The van der Waals surface area contributed by atoms with Crippen molar-refractivity contribution >= 4 is 0 Å². The van der Waals surface area contributed by atoms with E-state index in [1.807, 2.05) is 27.7 Å². The number of piperidine rings is 3. The smallest absolute Gasteiger partial charge is 0.0677 e. The fourth-order valence-electron chi connectivity index (χ4n) is 9.32. The molecule has 8 aliphatic rings. The number of hydrogen-bond donors (Lipinski definition) is 1. The molecule has 0 saturated carbocycles. The van der Waals surface area contributed by atoms with Gasteiger partial charge in [0.2, 0.25) is 0 Å². The summed E-state index contributed by atoms with van der Waals surface area (Å²) in [5, 5.41) is 11.7. The van der Waals surface area contributed by atoms with Crippen molar-refractivity contribution in [1.29, 1.82) is 0 Å². The molecule has 42 heavy (non-hydrogen) atoms. The SMILES string of the molecule is CC.CC.CC1CC(C2CN(CC3CCN(C)CC3)CCN2C(C)C)C(C)N2CCC(CC2)[C@@](C)(O)C2CCN1CC2. The van der Waals surface area contributed by atoms with Gasteiger partial charge in [0.1, 0.15) is 0 Å². The largest absolute Gasteiger partial charge is 0.390 e. The third-order valence-electron chi connectivity index (χ3n) is 12.2. The van der Waals surface area contributed by atoms with Crippen LogP contribution in [0, 0.1) is 23.7 Å². The number of aliphatic hydroxyl groups is 1. The molecular formula is C36H73N5O. The summed E-state index contributed by atoms with van der Waals surface area (Å²) in [5.41, 5.74) is -0.496. The van der Waals surface area contributed by atoms with Crippen molar-refractivity contribution in [2.75, 3.05) is 72.5 Å². The first kappa shape index (κ1) is 36.2. The average molecular weight is 592 g/mol. The lowest BCUT2D eigenvalue weighted by atomic mass is 9.70. The molecule has 8 rings (SSSR count). The highest BCUT2D eigenvalue weighted by atomic mass is 16.3. The van der Waals surface area contributed by atoms with Gasteiger partial charge in [0.15, 0.2) is 0 Å². The van der Waals surface area contributed by atoms with E-state index in [0.717, 1.165) is 19.0 Å². The number of rotatable bonds is 4. The minimum absolute atomic E-state index is 0.464. The molecule has 0 spiro atoms. The summed E-state index contributed by atoms with van der Waals surface area (Å²) in [5.74, 6) is 2.50. The van der Waals surface area contributed by atoms with Gasteiger partial charge in [-0.1, -0.05) is 27.7 Å². The Morgan fingerprint density at radius 3 is 1.79 bits per heavy atom. The van der Waals surface area contributed by atoms with Gasteiger partial charge in [-0.05, 0) is 150 Å². The normalized spacial score (nSPS) is 41.1. The van der Waals surface area contributed by atoms with Gasteiger partial charge >= 0.3 is 0 Å².